The summed E-state index contributed by atoms with van der Waals surface area (Å²) < 4.78 is 9.13. The number of aromatic nitrogens is 4. The van der Waals surface area contributed by atoms with Gasteiger partial charge in [-0.25, -0.2) is 15.0 Å². The monoisotopic (exact) mass is 716 g/mol. The Bertz CT molecular complexity index is 3060. The van der Waals surface area contributed by atoms with Gasteiger partial charge in [-0.05, 0) is 52.6 Å². The normalized spacial score (nSPS) is 11.6. The van der Waals surface area contributed by atoms with Gasteiger partial charge in [-0.2, -0.15) is 0 Å². The molecule has 0 fully saturated rings. The van der Waals surface area contributed by atoms with Gasteiger partial charge in [-0.1, -0.05) is 164 Å². The highest BCUT2D eigenvalue weighted by Gasteiger charge is 2.19. The molecular weight excluding hydrogens is 685 g/mol. The van der Waals surface area contributed by atoms with E-state index in [-0.39, 0.29) is 0 Å². The SMILES string of the molecule is c1ccc(-c2ccc(-c3nc(-c4ccc(-c5ccccc5)cc4)nc(-c4ccc5c(c4)oc4c(-n6c7ccccc7c7ccccc76)cccc45)n3)cc2)cc1. The molecule has 0 saturated carbocycles. The Balaban J connectivity index is 1.05. The highest BCUT2D eigenvalue weighted by molar-refractivity contribution is 6.13. The lowest BCUT2D eigenvalue weighted by Gasteiger charge is -2.10. The van der Waals surface area contributed by atoms with E-state index in [0.717, 1.165) is 77.6 Å². The first kappa shape index (κ1) is 31.9. The molecule has 0 amide bonds. The Hall–Kier alpha value is -7.63. The number of hydrogen-bond acceptors (Lipinski definition) is 4. The second-order valence-electron chi connectivity index (χ2n) is 14.0. The van der Waals surface area contributed by atoms with Crippen LogP contribution in [0.15, 0.2) is 199 Å². The van der Waals surface area contributed by atoms with Crippen LogP contribution in [0.5, 0.6) is 0 Å². The molecule has 8 aromatic carbocycles. The number of fused-ring (bicyclic) bond motifs is 6. The zero-order chi connectivity index (χ0) is 37.0. The molecule has 0 aliphatic carbocycles. The van der Waals surface area contributed by atoms with Crippen molar-refractivity contribution in [1.82, 2.24) is 19.5 Å². The second kappa shape index (κ2) is 13.0. The molecule has 0 bridgehead atoms. The van der Waals surface area contributed by atoms with Crippen molar-refractivity contribution in [1.29, 1.82) is 0 Å². The summed E-state index contributed by atoms with van der Waals surface area (Å²) in [6.07, 6.45) is 0. The van der Waals surface area contributed by atoms with E-state index < -0.39 is 0 Å². The minimum absolute atomic E-state index is 0.578. The molecule has 0 atom stereocenters. The predicted molar refractivity (Wildman–Crippen MR) is 229 cm³/mol. The fraction of sp³-hybridized carbons (Fsp3) is 0. The van der Waals surface area contributed by atoms with Gasteiger partial charge in [-0.3, -0.25) is 0 Å². The molecular formula is C51H32N4O. The summed E-state index contributed by atoms with van der Waals surface area (Å²) in [7, 11) is 0. The minimum atomic E-state index is 0.578. The van der Waals surface area contributed by atoms with Crippen molar-refractivity contribution in [3.05, 3.63) is 194 Å². The van der Waals surface area contributed by atoms with Crippen LogP contribution in [0.4, 0.5) is 0 Å². The van der Waals surface area contributed by atoms with Gasteiger partial charge in [0.05, 0.1) is 16.7 Å². The number of furan rings is 1. The average molecular weight is 717 g/mol. The number of nitrogens with zero attached hydrogens (tertiary/aromatic N) is 4. The van der Waals surface area contributed by atoms with E-state index in [4.69, 9.17) is 19.4 Å². The lowest BCUT2D eigenvalue weighted by molar-refractivity contribution is 0.666. The first-order valence-electron chi connectivity index (χ1n) is 18.8. The third-order valence-electron chi connectivity index (χ3n) is 10.7. The van der Waals surface area contributed by atoms with Crippen LogP contribution < -0.4 is 0 Å². The minimum Gasteiger partial charge on any atom is -0.454 e. The summed E-state index contributed by atoms with van der Waals surface area (Å²) in [5.41, 5.74) is 12.2. The summed E-state index contributed by atoms with van der Waals surface area (Å²) in [6, 6.07) is 67.4. The van der Waals surface area contributed by atoms with Gasteiger partial charge < -0.3 is 8.98 Å². The summed E-state index contributed by atoms with van der Waals surface area (Å²) in [5.74, 6) is 1.79. The quantitative estimate of drug-likeness (QED) is 0.172. The molecule has 262 valence electrons. The van der Waals surface area contributed by atoms with Gasteiger partial charge in [0.2, 0.25) is 0 Å². The van der Waals surface area contributed by atoms with Gasteiger partial charge in [0, 0.05) is 38.2 Å². The Morgan fingerprint density at radius 2 is 0.750 bits per heavy atom. The third kappa shape index (κ3) is 5.37. The van der Waals surface area contributed by atoms with Crippen LogP contribution in [0.2, 0.25) is 0 Å². The van der Waals surface area contributed by atoms with Gasteiger partial charge in [0.15, 0.2) is 23.1 Å². The molecule has 56 heavy (non-hydrogen) atoms. The zero-order valence-corrected chi connectivity index (χ0v) is 30.2. The fourth-order valence-corrected chi connectivity index (χ4v) is 7.93. The number of para-hydroxylation sites is 3. The number of rotatable bonds is 6. The molecule has 0 aliphatic rings. The van der Waals surface area contributed by atoms with E-state index >= 15 is 0 Å². The Morgan fingerprint density at radius 1 is 0.321 bits per heavy atom. The maximum Gasteiger partial charge on any atom is 0.164 e. The van der Waals surface area contributed by atoms with Crippen LogP contribution in [0, 0.1) is 0 Å². The van der Waals surface area contributed by atoms with Crippen LogP contribution in [-0.2, 0) is 0 Å². The molecule has 0 aliphatic heterocycles. The Labute approximate surface area is 322 Å². The molecule has 11 rings (SSSR count). The topological polar surface area (TPSA) is 56.7 Å². The summed E-state index contributed by atoms with van der Waals surface area (Å²) in [4.78, 5) is 15.2. The van der Waals surface area contributed by atoms with Gasteiger partial charge in [-0.15, -0.1) is 0 Å². The number of hydrogen-bond donors (Lipinski definition) is 0. The van der Waals surface area contributed by atoms with Crippen LogP contribution in [0.25, 0.3) is 106 Å². The van der Waals surface area contributed by atoms with E-state index in [2.05, 4.69) is 187 Å². The van der Waals surface area contributed by atoms with E-state index in [0.29, 0.717) is 17.5 Å². The molecule has 0 spiro atoms. The molecule has 3 aromatic heterocycles. The number of benzene rings is 8. The summed E-state index contributed by atoms with van der Waals surface area (Å²) >= 11 is 0. The first-order valence-corrected chi connectivity index (χ1v) is 18.8. The third-order valence-corrected chi connectivity index (χ3v) is 10.7. The predicted octanol–water partition coefficient (Wildman–Crippen LogP) is 13.2. The largest absolute Gasteiger partial charge is 0.454 e. The lowest BCUT2D eigenvalue weighted by atomic mass is 10.0. The Morgan fingerprint density at radius 3 is 1.30 bits per heavy atom. The smallest absolute Gasteiger partial charge is 0.164 e. The zero-order valence-electron chi connectivity index (χ0n) is 30.2. The lowest BCUT2D eigenvalue weighted by Crippen LogP contribution is -2.00. The van der Waals surface area contributed by atoms with E-state index in [9.17, 15) is 0 Å². The van der Waals surface area contributed by atoms with Gasteiger partial charge in [0.25, 0.3) is 0 Å². The van der Waals surface area contributed by atoms with Crippen LogP contribution in [0.1, 0.15) is 0 Å². The molecule has 0 radical (unpaired) electrons. The van der Waals surface area contributed by atoms with Gasteiger partial charge in [0.1, 0.15) is 5.58 Å². The second-order valence-corrected chi connectivity index (χ2v) is 14.0. The standard InChI is InChI=1S/C51H32N4O/c1-3-12-33(13-4-1)35-22-26-37(27-23-35)49-52-50(38-28-24-36(25-29-38)34-14-5-2-6-15-34)54-51(53-49)39-30-31-42-43-18-11-21-46(48(43)56-47(42)32-39)55-44-19-9-7-16-40(44)41-17-8-10-20-45(41)55/h1-32H. The van der Waals surface area contributed by atoms with E-state index in [1.165, 1.54) is 10.8 Å². The molecule has 11 aromatic rings. The highest BCUT2D eigenvalue weighted by Crippen LogP contribution is 2.39. The van der Waals surface area contributed by atoms with Gasteiger partial charge >= 0.3 is 0 Å². The van der Waals surface area contributed by atoms with Crippen molar-refractivity contribution in [3.8, 4) is 62.1 Å². The van der Waals surface area contributed by atoms with Crippen LogP contribution >= 0.6 is 0 Å². The average Bonchev–Trinajstić information content (AvgIpc) is 3.83. The molecule has 5 heteroatoms. The Kier molecular flexibility index (Phi) is 7.42. The van der Waals surface area contributed by atoms with Crippen molar-refractivity contribution in [2.24, 2.45) is 0 Å². The van der Waals surface area contributed by atoms with Crippen molar-refractivity contribution in [3.63, 3.8) is 0 Å². The molecule has 3 heterocycles. The van der Waals surface area contributed by atoms with E-state index in [1.807, 2.05) is 12.1 Å². The van der Waals surface area contributed by atoms with Crippen LogP contribution in [-0.4, -0.2) is 19.5 Å². The van der Waals surface area contributed by atoms with Crippen molar-refractivity contribution < 1.29 is 4.42 Å². The first-order chi connectivity index (χ1) is 27.7. The van der Waals surface area contributed by atoms with Crippen LogP contribution in [0.3, 0.4) is 0 Å². The van der Waals surface area contributed by atoms with Crippen molar-refractivity contribution in [2.45, 2.75) is 0 Å². The molecule has 0 unspecified atom stereocenters. The maximum atomic E-state index is 6.82. The van der Waals surface area contributed by atoms with E-state index in [1.54, 1.807) is 0 Å². The molecule has 0 saturated heterocycles. The fourth-order valence-electron chi connectivity index (χ4n) is 7.93. The molecule has 5 nitrogen and oxygen atoms in total. The van der Waals surface area contributed by atoms with Crippen molar-refractivity contribution in [2.75, 3.05) is 0 Å². The summed E-state index contributed by atoms with van der Waals surface area (Å²) in [6.45, 7) is 0. The van der Waals surface area contributed by atoms with Crippen molar-refractivity contribution >= 4 is 43.7 Å². The summed E-state index contributed by atoms with van der Waals surface area (Å²) in [5, 5.41) is 4.52. The highest BCUT2D eigenvalue weighted by atomic mass is 16.3. The molecule has 0 N–H and O–H groups in total. The maximum absolute atomic E-state index is 6.82.